The number of carboxylic acids is 1. The quantitative estimate of drug-likeness (QED) is 0.490. The van der Waals surface area contributed by atoms with Crippen molar-refractivity contribution in [2.24, 2.45) is 0 Å². The molecule has 1 heterocycles. The molecule has 0 unspecified atom stereocenters. The van der Waals surface area contributed by atoms with Crippen molar-refractivity contribution in [3.63, 3.8) is 0 Å². The van der Waals surface area contributed by atoms with Gasteiger partial charge < -0.3 is 11.3 Å². The van der Waals surface area contributed by atoms with Crippen LogP contribution in [-0.4, -0.2) is 28.6 Å². The Balaban J connectivity index is -0.000000563. The van der Waals surface area contributed by atoms with Crippen molar-refractivity contribution in [2.75, 3.05) is 6.61 Å². The Morgan fingerprint density at radius 1 is 1.47 bits per heavy atom. The summed E-state index contributed by atoms with van der Waals surface area (Å²) in [7, 11) is 0. The molecule has 0 fully saturated rings. The van der Waals surface area contributed by atoms with E-state index in [2.05, 4.69) is 9.72 Å². The van der Waals surface area contributed by atoms with Gasteiger partial charge in [0.2, 0.25) is 0 Å². The van der Waals surface area contributed by atoms with E-state index in [1.807, 2.05) is 0 Å². The van der Waals surface area contributed by atoms with Crippen molar-refractivity contribution in [1.82, 2.24) is 4.98 Å². The Kier molecular flexibility index (Phi) is 9.60. The first-order chi connectivity index (χ1) is 6.20. The van der Waals surface area contributed by atoms with Gasteiger partial charge in [-0.25, -0.2) is 14.6 Å². The number of hydrogen-bond donors (Lipinski definition) is 1. The molecule has 0 aliphatic carbocycles. The molecule has 1 aromatic heterocycles. The molecule has 1 aromatic rings. The number of nitrogens with zero attached hydrogens (tertiary/aromatic N) is 1. The maximum absolute atomic E-state index is 11.0. The molecule has 7 heteroatoms. The Bertz CT molecular complexity index is 325. The van der Waals surface area contributed by atoms with Gasteiger partial charge in [0.15, 0.2) is 6.61 Å². The van der Waals surface area contributed by atoms with Crippen LogP contribution in [0.2, 0.25) is 0 Å². The zero-order chi connectivity index (χ0) is 9.68. The molecule has 1 rings (SSSR count). The van der Waals surface area contributed by atoms with Gasteiger partial charge in [-0.1, -0.05) is 6.07 Å². The summed E-state index contributed by atoms with van der Waals surface area (Å²) in [4.78, 5) is 24.7. The van der Waals surface area contributed by atoms with Crippen molar-refractivity contribution < 1.29 is 59.2 Å². The minimum absolute atomic E-state index is 0. The molecule has 79 valence electrons. The Morgan fingerprint density at radius 3 is 2.60 bits per heavy atom. The second kappa shape index (κ2) is 8.61. The van der Waals surface area contributed by atoms with Crippen LogP contribution < -0.4 is 18.9 Å². The third-order valence-corrected chi connectivity index (χ3v) is 1.20. The van der Waals surface area contributed by atoms with E-state index in [-0.39, 0.29) is 45.5 Å². The number of carbonyl (C=O) groups is 2. The first kappa shape index (κ1) is 16.7. The van der Waals surface area contributed by atoms with Crippen LogP contribution in [0.3, 0.4) is 0 Å². The summed E-state index contributed by atoms with van der Waals surface area (Å²) >= 11 is 0. The fourth-order valence-electron chi connectivity index (χ4n) is 0.685. The van der Waals surface area contributed by atoms with Crippen molar-refractivity contribution in [3.8, 4) is 0 Å². The number of hydrogen-bond acceptors (Lipinski definition) is 4. The molecule has 0 atom stereocenters. The van der Waals surface area contributed by atoms with Gasteiger partial charge >= 0.3 is 30.8 Å². The van der Waals surface area contributed by atoms with E-state index in [1.165, 1.54) is 12.3 Å². The van der Waals surface area contributed by atoms with E-state index in [4.69, 9.17) is 5.11 Å². The average Bonchev–Trinajstić information content (AvgIpc) is 2.15. The third-order valence-electron chi connectivity index (χ3n) is 1.20. The van der Waals surface area contributed by atoms with E-state index in [1.54, 1.807) is 12.1 Å². The zero-order valence-electron chi connectivity index (χ0n) is 8.97. The van der Waals surface area contributed by atoms with E-state index in [9.17, 15) is 9.59 Å². The Morgan fingerprint density at radius 2 is 2.13 bits per heavy atom. The summed E-state index contributed by atoms with van der Waals surface area (Å²) in [6.45, 7) is -0.643. The molecule has 0 aliphatic heterocycles. The molecular formula is C8H8LiNO4Rh. The maximum atomic E-state index is 11.0. The van der Waals surface area contributed by atoms with Crippen LogP contribution in [0, 0.1) is 0 Å². The number of aliphatic carboxylic acids is 1. The largest absolute Gasteiger partial charge is 1.00 e. The number of aromatic nitrogens is 1. The van der Waals surface area contributed by atoms with E-state index < -0.39 is 18.5 Å². The van der Waals surface area contributed by atoms with Crippen LogP contribution in [0.15, 0.2) is 24.4 Å². The fourth-order valence-corrected chi connectivity index (χ4v) is 0.685. The normalized spacial score (nSPS) is 8.00. The predicted molar refractivity (Wildman–Crippen MR) is 43.3 cm³/mol. The average molecular weight is 292 g/mol. The van der Waals surface area contributed by atoms with Crippen LogP contribution in [0.25, 0.3) is 0 Å². The second-order valence-corrected chi connectivity index (χ2v) is 2.18. The molecule has 5 nitrogen and oxygen atoms in total. The third kappa shape index (κ3) is 6.40. The predicted octanol–water partition coefficient (Wildman–Crippen LogP) is -2.56. The van der Waals surface area contributed by atoms with Crippen molar-refractivity contribution >= 4 is 11.9 Å². The molecule has 0 bridgehead atoms. The van der Waals surface area contributed by atoms with Gasteiger partial charge in [0, 0.05) is 25.7 Å². The standard InChI is InChI=1S/C8H7NO4.Li.Rh.H/c10-7(11)5-13-8(12)6-3-1-2-4-9-6;;;/h1-4H,5H2,(H,10,11);;;/q;+1;;-1. The minimum atomic E-state index is -1.19. The first-order valence-corrected chi connectivity index (χ1v) is 3.50. The monoisotopic (exact) mass is 292 g/mol. The van der Waals surface area contributed by atoms with Crippen LogP contribution in [0.1, 0.15) is 11.9 Å². The topological polar surface area (TPSA) is 76.5 Å². The molecule has 0 spiro atoms. The van der Waals surface area contributed by atoms with E-state index in [0.717, 1.165) is 0 Å². The van der Waals surface area contributed by atoms with Gasteiger partial charge in [0.1, 0.15) is 5.69 Å². The number of ether oxygens (including phenoxy) is 1. The zero-order valence-corrected chi connectivity index (χ0v) is 9.61. The van der Waals surface area contributed by atoms with Gasteiger partial charge in [-0.15, -0.1) is 0 Å². The maximum Gasteiger partial charge on any atom is 1.00 e. The SMILES string of the molecule is O=C(O)COC(=O)c1ccccn1.[H-].[Li+].[Rh]. The summed E-state index contributed by atoms with van der Waals surface area (Å²) in [6, 6.07) is 4.71. The smallest absolute Gasteiger partial charge is 1.00 e. The van der Waals surface area contributed by atoms with Gasteiger partial charge in [-0.05, 0) is 12.1 Å². The van der Waals surface area contributed by atoms with Gasteiger partial charge in [0.25, 0.3) is 0 Å². The minimum Gasteiger partial charge on any atom is -1.00 e. The number of rotatable bonds is 3. The molecule has 0 aromatic carbocycles. The summed E-state index contributed by atoms with van der Waals surface area (Å²) < 4.78 is 4.39. The van der Waals surface area contributed by atoms with Crippen LogP contribution in [-0.2, 0) is 29.0 Å². The molecule has 1 N–H and O–H groups in total. The summed E-state index contributed by atoms with van der Waals surface area (Å²) in [5.74, 6) is -1.92. The Hall–Kier alpha value is -0.689. The number of carbonyl (C=O) groups excluding carboxylic acids is 1. The summed E-state index contributed by atoms with van der Waals surface area (Å²) in [5, 5.41) is 8.21. The van der Waals surface area contributed by atoms with Crippen molar-refractivity contribution in [2.45, 2.75) is 0 Å². The van der Waals surface area contributed by atoms with Gasteiger partial charge in [-0.2, -0.15) is 0 Å². The molecular weight excluding hydrogens is 284 g/mol. The number of esters is 1. The van der Waals surface area contributed by atoms with Crippen LogP contribution in [0.4, 0.5) is 0 Å². The van der Waals surface area contributed by atoms with Crippen LogP contribution >= 0.6 is 0 Å². The van der Waals surface area contributed by atoms with Crippen LogP contribution in [0.5, 0.6) is 0 Å². The van der Waals surface area contributed by atoms with Gasteiger partial charge in [-0.3, -0.25) is 0 Å². The summed E-state index contributed by atoms with van der Waals surface area (Å²) in [5.41, 5.74) is 0.101. The Labute approximate surface area is 113 Å². The van der Waals surface area contributed by atoms with Gasteiger partial charge in [0.05, 0.1) is 0 Å². The number of carboxylic acid groups (broad SMARTS) is 1. The fraction of sp³-hybridized carbons (Fsp3) is 0.125. The number of pyridine rings is 1. The van der Waals surface area contributed by atoms with Crippen molar-refractivity contribution in [3.05, 3.63) is 30.1 Å². The first-order valence-electron chi connectivity index (χ1n) is 3.50. The molecule has 0 amide bonds. The molecule has 0 aliphatic rings. The van der Waals surface area contributed by atoms with E-state index in [0.29, 0.717) is 0 Å². The molecule has 1 radical (unpaired) electrons. The molecule has 0 saturated carbocycles. The second-order valence-electron chi connectivity index (χ2n) is 2.18. The van der Waals surface area contributed by atoms with Crippen molar-refractivity contribution in [1.29, 1.82) is 0 Å². The summed E-state index contributed by atoms with van der Waals surface area (Å²) in [6.07, 6.45) is 1.43. The molecule has 15 heavy (non-hydrogen) atoms. The molecule has 0 saturated heterocycles. The van der Waals surface area contributed by atoms with E-state index >= 15 is 0 Å².